The highest BCUT2D eigenvalue weighted by Gasteiger charge is 2.18. The quantitative estimate of drug-likeness (QED) is 0.811. The predicted molar refractivity (Wildman–Crippen MR) is 55.9 cm³/mol. The number of hydrogen-bond acceptors (Lipinski definition) is 5. The van der Waals surface area contributed by atoms with Gasteiger partial charge in [0.1, 0.15) is 5.69 Å². The normalized spacial score (nSPS) is 10.4. The first kappa shape index (κ1) is 13.1. The van der Waals surface area contributed by atoms with Gasteiger partial charge in [-0.05, 0) is 11.6 Å². The highest BCUT2D eigenvalue weighted by Crippen LogP contribution is 2.28. The number of nitrogens with two attached hydrogens (primary N) is 1. The molecule has 0 amide bonds. The van der Waals surface area contributed by atoms with E-state index in [0.717, 1.165) is 6.07 Å². The van der Waals surface area contributed by atoms with Crippen molar-refractivity contribution in [2.45, 2.75) is 12.8 Å². The van der Waals surface area contributed by atoms with Gasteiger partial charge in [0.05, 0.1) is 26.3 Å². The number of methoxy groups -OCH3 is 2. The van der Waals surface area contributed by atoms with Crippen LogP contribution in [-0.4, -0.2) is 25.2 Å². The molecule has 1 aromatic heterocycles. The largest absolute Gasteiger partial charge is 0.480 e. The van der Waals surface area contributed by atoms with Crippen LogP contribution in [0.1, 0.15) is 17.7 Å². The van der Waals surface area contributed by atoms with E-state index in [2.05, 4.69) is 9.72 Å². The van der Waals surface area contributed by atoms with E-state index in [1.807, 2.05) is 0 Å². The number of carbonyl (C=O) groups is 1. The molecule has 1 rings (SSSR count). The minimum atomic E-state index is -2.76. The Labute approximate surface area is 96.5 Å². The fraction of sp³-hybridized carbons (Fsp3) is 0.400. The summed E-state index contributed by atoms with van der Waals surface area (Å²) in [4.78, 5) is 14.6. The summed E-state index contributed by atoms with van der Waals surface area (Å²) in [6, 6.07) is 1.07. The molecule has 0 aliphatic heterocycles. The molecule has 0 bridgehead atoms. The molecule has 0 spiro atoms. The molecule has 17 heavy (non-hydrogen) atoms. The Hall–Kier alpha value is -1.92. The number of hydrogen-bond donors (Lipinski definition) is 1. The second-order valence-corrected chi connectivity index (χ2v) is 3.18. The minimum Gasteiger partial charge on any atom is -0.480 e. The molecule has 0 aromatic carbocycles. The minimum absolute atomic E-state index is 0.0577. The summed E-state index contributed by atoms with van der Waals surface area (Å²) in [6.07, 6.45) is -2.97. The predicted octanol–water partition coefficient (Wildman–Crippen LogP) is 1.33. The van der Waals surface area contributed by atoms with Gasteiger partial charge in [-0.15, -0.1) is 0 Å². The number of aromatic nitrogens is 1. The average Bonchev–Trinajstić information content (AvgIpc) is 2.31. The number of ether oxygens (including phenoxy) is 2. The number of alkyl halides is 2. The molecular weight excluding hydrogens is 234 g/mol. The number of carbonyl (C=O) groups excluding carboxylic acids is 1. The fourth-order valence-electron chi connectivity index (χ4n) is 1.24. The summed E-state index contributed by atoms with van der Waals surface area (Å²) >= 11 is 0. The smallest absolute Gasteiger partial charge is 0.310 e. The van der Waals surface area contributed by atoms with Crippen LogP contribution in [0.15, 0.2) is 6.07 Å². The zero-order chi connectivity index (χ0) is 13.0. The van der Waals surface area contributed by atoms with E-state index >= 15 is 0 Å². The molecule has 94 valence electrons. The van der Waals surface area contributed by atoms with Crippen molar-refractivity contribution < 1.29 is 23.0 Å². The maximum absolute atomic E-state index is 12.5. The van der Waals surface area contributed by atoms with Gasteiger partial charge in [0.25, 0.3) is 6.43 Å². The summed E-state index contributed by atoms with van der Waals surface area (Å²) in [5.41, 5.74) is 5.40. The lowest BCUT2D eigenvalue weighted by Gasteiger charge is -2.11. The van der Waals surface area contributed by atoms with Gasteiger partial charge in [0, 0.05) is 0 Å². The number of esters is 1. The molecule has 7 heteroatoms. The van der Waals surface area contributed by atoms with Crippen molar-refractivity contribution in [3.05, 3.63) is 17.3 Å². The molecule has 2 N–H and O–H groups in total. The van der Waals surface area contributed by atoms with E-state index in [-0.39, 0.29) is 23.6 Å². The van der Waals surface area contributed by atoms with Gasteiger partial charge in [0.15, 0.2) is 0 Å². The zero-order valence-corrected chi connectivity index (χ0v) is 9.37. The van der Waals surface area contributed by atoms with E-state index in [1.54, 1.807) is 0 Å². The van der Waals surface area contributed by atoms with Crippen molar-refractivity contribution >= 4 is 11.7 Å². The lowest BCUT2D eigenvalue weighted by Crippen LogP contribution is -2.10. The second kappa shape index (κ2) is 5.42. The topological polar surface area (TPSA) is 74.4 Å². The third kappa shape index (κ3) is 3.02. The van der Waals surface area contributed by atoms with E-state index in [9.17, 15) is 13.6 Å². The Morgan fingerprint density at radius 2 is 2.18 bits per heavy atom. The van der Waals surface area contributed by atoms with Crippen LogP contribution in [0.2, 0.25) is 0 Å². The summed E-state index contributed by atoms with van der Waals surface area (Å²) in [7, 11) is 2.46. The van der Waals surface area contributed by atoms with Crippen molar-refractivity contribution in [1.82, 2.24) is 4.98 Å². The Morgan fingerprint density at radius 3 is 2.65 bits per heavy atom. The molecule has 0 aliphatic carbocycles. The molecule has 0 radical (unpaired) electrons. The van der Waals surface area contributed by atoms with Crippen LogP contribution in [0.3, 0.4) is 0 Å². The maximum Gasteiger partial charge on any atom is 0.310 e. The Kier molecular flexibility index (Phi) is 4.19. The Balaban J connectivity index is 3.17. The molecule has 1 aromatic rings. The van der Waals surface area contributed by atoms with Crippen molar-refractivity contribution in [2.24, 2.45) is 0 Å². The van der Waals surface area contributed by atoms with Crippen LogP contribution >= 0.6 is 0 Å². The number of pyridine rings is 1. The van der Waals surface area contributed by atoms with Crippen molar-refractivity contribution in [1.29, 1.82) is 0 Å². The summed E-state index contributed by atoms with van der Waals surface area (Å²) in [6.45, 7) is 0. The van der Waals surface area contributed by atoms with E-state index in [0.29, 0.717) is 0 Å². The van der Waals surface area contributed by atoms with Crippen LogP contribution < -0.4 is 10.5 Å². The maximum atomic E-state index is 12.5. The summed E-state index contributed by atoms with van der Waals surface area (Å²) in [5, 5.41) is 0. The van der Waals surface area contributed by atoms with Crippen LogP contribution in [0.4, 0.5) is 14.5 Å². The molecule has 0 saturated carbocycles. The highest BCUT2D eigenvalue weighted by molar-refractivity contribution is 5.75. The van der Waals surface area contributed by atoms with Crippen LogP contribution in [0.5, 0.6) is 5.88 Å². The first-order valence-electron chi connectivity index (χ1n) is 4.67. The van der Waals surface area contributed by atoms with Gasteiger partial charge in [-0.3, -0.25) is 4.79 Å². The standard InChI is InChI=1S/C10H12F2N2O3/c1-16-7(15)4-5-3-6(9(11)12)14-10(17-2)8(5)13/h3,9H,4,13H2,1-2H3. The molecule has 5 nitrogen and oxygen atoms in total. The first-order valence-corrected chi connectivity index (χ1v) is 4.67. The Morgan fingerprint density at radius 1 is 1.53 bits per heavy atom. The summed E-state index contributed by atoms with van der Waals surface area (Å²) < 4.78 is 34.3. The molecule has 0 fully saturated rings. The lowest BCUT2D eigenvalue weighted by atomic mass is 10.1. The highest BCUT2D eigenvalue weighted by atomic mass is 19.3. The number of rotatable bonds is 4. The molecule has 1 heterocycles. The van der Waals surface area contributed by atoms with Crippen LogP contribution in [0, 0.1) is 0 Å². The SMILES string of the molecule is COC(=O)Cc1cc(C(F)F)nc(OC)c1N. The third-order valence-electron chi connectivity index (χ3n) is 2.11. The van der Waals surface area contributed by atoms with Gasteiger partial charge in [-0.2, -0.15) is 0 Å². The monoisotopic (exact) mass is 246 g/mol. The number of nitrogens with zero attached hydrogens (tertiary/aromatic N) is 1. The number of nitrogen functional groups attached to an aromatic ring is 1. The van der Waals surface area contributed by atoms with Gasteiger partial charge in [-0.25, -0.2) is 13.8 Å². The molecule has 0 aliphatic rings. The first-order chi connectivity index (χ1) is 7.99. The van der Waals surface area contributed by atoms with Gasteiger partial charge >= 0.3 is 5.97 Å². The zero-order valence-electron chi connectivity index (χ0n) is 9.37. The van der Waals surface area contributed by atoms with E-state index in [4.69, 9.17) is 10.5 Å². The fourth-order valence-corrected chi connectivity index (χ4v) is 1.24. The van der Waals surface area contributed by atoms with Gasteiger partial charge < -0.3 is 15.2 Å². The lowest BCUT2D eigenvalue weighted by molar-refractivity contribution is -0.139. The molecule has 0 unspecified atom stereocenters. The van der Waals surface area contributed by atoms with Gasteiger partial charge in [-0.1, -0.05) is 0 Å². The Bertz CT molecular complexity index is 424. The number of anilines is 1. The number of halogens is 2. The molecular formula is C10H12F2N2O3. The summed E-state index contributed by atoms with van der Waals surface area (Å²) in [5.74, 6) is -0.702. The van der Waals surface area contributed by atoms with Crippen LogP contribution in [0.25, 0.3) is 0 Å². The average molecular weight is 246 g/mol. The second-order valence-electron chi connectivity index (χ2n) is 3.18. The van der Waals surface area contributed by atoms with Crippen molar-refractivity contribution in [3.63, 3.8) is 0 Å². The van der Waals surface area contributed by atoms with Crippen LogP contribution in [-0.2, 0) is 16.0 Å². The molecule has 0 atom stereocenters. The third-order valence-corrected chi connectivity index (χ3v) is 2.11. The van der Waals surface area contributed by atoms with E-state index in [1.165, 1.54) is 14.2 Å². The molecule has 0 saturated heterocycles. The van der Waals surface area contributed by atoms with Crippen molar-refractivity contribution in [2.75, 3.05) is 20.0 Å². The van der Waals surface area contributed by atoms with Gasteiger partial charge in [0.2, 0.25) is 5.88 Å². The van der Waals surface area contributed by atoms with E-state index < -0.39 is 18.1 Å². The van der Waals surface area contributed by atoms with Crippen molar-refractivity contribution in [3.8, 4) is 5.88 Å².